The van der Waals surface area contributed by atoms with Gasteiger partial charge < -0.3 is 9.52 Å². The second kappa shape index (κ2) is 7.98. The quantitative estimate of drug-likeness (QED) is 0.376. The molecule has 0 aliphatic rings. The Bertz CT molecular complexity index is 1580. The largest absolute Gasteiger partial charge is 0.420 e. The fourth-order valence-corrected chi connectivity index (χ4v) is 4.04. The highest BCUT2D eigenvalue weighted by atomic mass is 35.5. The van der Waals surface area contributed by atoms with Crippen LogP contribution < -0.4 is 5.63 Å². The average Bonchev–Trinajstić information content (AvgIpc) is 2.79. The van der Waals surface area contributed by atoms with E-state index in [9.17, 15) is 9.90 Å². The minimum absolute atomic E-state index is 0.169. The summed E-state index contributed by atoms with van der Waals surface area (Å²) < 4.78 is 5.56. The number of pyridine rings is 1. The first kappa shape index (κ1) is 20.6. The monoisotopic (exact) mass is 463 g/mol. The fourth-order valence-electron chi connectivity index (χ4n) is 3.64. The molecule has 5 aromatic rings. The number of aliphatic hydroxyl groups is 1. The molecule has 0 atom stereocenters. The molecular formula is C24H15Cl2N3O3. The van der Waals surface area contributed by atoms with Crippen LogP contribution in [-0.4, -0.2) is 20.1 Å². The predicted octanol–water partition coefficient (Wildman–Crippen LogP) is 5.57. The molecule has 8 heteroatoms. The van der Waals surface area contributed by atoms with Crippen molar-refractivity contribution in [1.29, 1.82) is 0 Å². The van der Waals surface area contributed by atoms with Gasteiger partial charge in [0.15, 0.2) is 11.4 Å². The Kier molecular flexibility index (Phi) is 5.13. The fraction of sp³-hybridized carbons (Fsp3) is 0.0833. The third kappa shape index (κ3) is 3.42. The summed E-state index contributed by atoms with van der Waals surface area (Å²) in [4.78, 5) is 26.4. The Morgan fingerprint density at radius 1 is 1.00 bits per heavy atom. The van der Waals surface area contributed by atoms with Crippen LogP contribution in [0.15, 0.2) is 63.9 Å². The molecule has 3 heterocycles. The molecule has 3 aromatic heterocycles. The molecular weight excluding hydrogens is 449 g/mol. The van der Waals surface area contributed by atoms with Crippen LogP contribution >= 0.6 is 23.2 Å². The number of rotatable bonds is 3. The lowest BCUT2D eigenvalue weighted by molar-refractivity contribution is 0.282. The van der Waals surface area contributed by atoms with Crippen LogP contribution in [-0.2, 0) is 6.61 Å². The Morgan fingerprint density at radius 2 is 1.81 bits per heavy atom. The SMILES string of the molecule is Cc1ncc(CO)c2cc(-c3nc(-c4ccccc4Cl)c4cc(Cl)ccc4n3)c(=O)oc12. The van der Waals surface area contributed by atoms with Gasteiger partial charge in [0.25, 0.3) is 0 Å². The van der Waals surface area contributed by atoms with Crippen molar-refractivity contribution in [2.75, 3.05) is 0 Å². The number of hydrogen-bond donors (Lipinski definition) is 1. The average molecular weight is 464 g/mol. The van der Waals surface area contributed by atoms with Crippen molar-refractivity contribution in [3.63, 3.8) is 0 Å². The first-order valence-corrected chi connectivity index (χ1v) is 10.5. The summed E-state index contributed by atoms with van der Waals surface area (Å²) >= 11 is 12.7. The lowest BCUT2D eigenvalue weighted by Gasteiger charge is -2.11. The highest BCUT2D eigenvalue weighted by Gasteiger charge is 2.18. The van der Waals surface area contributed by atoms with E-state index < -0.39 is 5.63 Å². The van der Waals surface area contributed by atoms with E-state index in [4.69, 9.17) is 32.6 Å². The molecule has 0 unspecified atom stereocenters. The molecule has 0 bridgehead atoms. The van der Waals surface area contributed by atoms with E-state index >= 15 is 0 Å². The van der Waals surface area contributed by atoms with Gasteiger partial charge in [0.1, 0.15) is 5.56 Å². The minimum Gasteiger partial charge on any atom is -0.420 e. The lowest BCUT2D eigenvalue weighted by atomic mass is 10.0. The normalized spacial score (nSPS) is 11.4. The van der Waals surface area contributed by atoms with Crippen molar-refractivity contribution in [2.24, 2.45) is 0 Å². The van der Waals surface area contributed by atoms with E-state index in [1.54, 1.807) is 43.5 Å². The summed E-state index contributed by atoms with van der Waals surface area (Å²) in [5, 5.41) is 12.0. The second-order valence-electron chi connectivity index (χ2n) is 7.25. The Balaban J connectivity index is 1.85. The number of aromatic nitrogens is 3. The van der Waals surface area contributed by atoms with E-state index in [0.717, 1.165) is 0 Å². The molecule has 0 fully saturated rings. The van der Waals surface area contributed by atoms with Crippen LogP contribution in [0.4, 0.5) is 0 Å². The van der Waals surface area contributed by atoms with E-state index in [2.05, 4.69) is 9.97 Å². The maximum absolute atomic E-state index is 12.9. The van der Waals surface area contributed by atoms with Crippen molar-refractivity contribution in [3.8, 4) is 22.6 Å². The van der Waals surface area contributed by atoms with Gasteiger partial charge in [0.05, 0.1) is 23.5 Å². The molecule has 1 N–H and O–H groups in total. The van der Waals surface area contributed by atoms with Crippen LogP contribution in [0, 0.1) is 6.92 Å². The predicted molar refractivity (Wildman–Crippen MR) is 125 cm³/mol. The van der Waals surface area contributed by atoms with Gasteiger partial charge in [-0.05, 0) is 37.3 Å². The Labute approximate surface area is 192 Å². The summed E-state index contributed by atoms with van der Waals surface area (Å²) in [6, 6.07) is 14.2. The Morgan fingerprint density at radius 3 is 2.59 bits per heavy atom. The molecule has 0 aliphatic heterocycles. The zero-order chi connectivity index (χ0) is 22.4. The molecule has 0 amide bonds. The van der Waals surface area contributed by atoms with Crippen molar-refractivity contribution >= 4 is 45.1 Å². The van der Waals surface area contributed by atoms with Gasteiger partial charge in [0.2, 0.25) is 0 Å². The molecule has 6 nitrogen and oxygen atoms in total. The number of aryl methyl sites for hydroxylation is 1. The van der Waals surface area contributed by atoms with Gasteiger partial charge in [-0.15, -0.1) is 0 Å². The summed E-state index contributed by atoms with van der Waals surface area (Å²) in [5.41, 5.74) is 2.81. The van der Waals surface area contributed by atoms with Gasteiger partial charge in [-0.3, -0.25) is 4.98 Å². The number of aliphatic hydroxyl groups excluding tert-OH is 1. The topological polar surface area (TPSA) is 89.1 Å². The van der Waals surface area contributed by atoms with Gasteiger partial charge in [0, 0.05) is 38.1 Å². The zero-order valence-electron chi connectivity index (χ0n) is 16.8. The number of nitrogens with zero attached hydrogens (tertiary/aromatic N) is 3. The molecule has 0 spiro atoms. The number of benzene rings is 2. The van der Waals surface area contributed by atoms with Crippen molar-refractivity contribution in [2.45, 2.75) is 13.5 Å². The molecule has 5 rings (SSSR count). The van der Waals surface area contributed by atoms with Crippen LogP contribution in [0.1, 0.15) is 11.3 Å². The van der Waals surface area contributed by atoms with E-state index in [-0.39, 0.29) is 18.0 Å². The van der Waals surface area contributed by atoms with Gasteiger partial charge >= 0.3 is 5.63 Å². The summed E-state index contributed by atoms with van der Waals surface area (Å²) in [7, 11) is 0. The Hall–Kier alpha value is -3.32. The van der Waals surface area contributed by atoms with Gasteiger partial charge in [-0.25, -0.2) is 14.8 Å². The molecule has 32 heavy (non-hydrogen) atoms. The zero-order valence-corrected chi connectivity index (χ0v) is 18.3. The van der Waals surface area contributed by atoms with Crippen molar-refractivity contribution < 1.29 is 9.52 Å². The first-order valence-electron chi connectivity index (χ1n) is 9.72. The van der Waals surface area contributed by atoms with Crippen LogP contribution in [0.25, 0.3) is 44.5 Å². The van der Waals surface area contributed by atoms with Gasteiger partial charge in [-0.2, -0.15) is 0 Å². The van der Waals surface area contributed by atoms with E-state index in [1.165, 1.54) is 0 Å². The first-order chi connectivity index (χ1) is 15.5. The van der Waals surface area contributed by atoms with Crippen molar-refractivity contribution in [3.05, 3.63) is 86.5 Å². The second-order valence-corrected chi connectivity index (χ2v) is 8.10. The van der Waals surface area contributed by atoms with E-state index in [0.29, 0.717) is 54.4 Å². The highest BCUT2D eigenvalue weighted by molar-refractivity contribution is 6.34. The smallest absolute Gasteiger partial charge is 0.347 e. The lowest BCUT2D eigenvalue weighted by Crippen LogP contribution is -2.08. The number of halogens is 2. The third-order valence-corrected chi connectivity index (χ3v) is 5.80. The van der Waals surface area contributed by atoms with Gasteiger partial charge in [-0.1, -0.05) is 41.4 Å². The third-order valence-electron chi connectivity index (χ3n) is 5.23. The maximum atomic E-state index is 12.9. The van der Waals surface area contributed by atoms with Crippen LogP contribution in [0.5, 0.6) is 0 Å². The molecule has 0 saturated heterocycles. The minimum atomic E-state index is -0.601. The van der Waals surface area contributed by atoms with E-state index in [1.807, 2.05) is 18.2 Å². The standard InChI is InChI=1S/C24H15Cl2N3O3/c1-12-22-16(13(11-30)10-27-12)9-18(24(31)32-22)23-28-20-7-6-14(25)8-17(20)21(29-23)15-4-2-3-5-19(15)26/h2-10,30H,11H2,1H3. The molecule has 0 radical (unpaired) electrons. The number of fused-ring (bicyclic) bond motifs is 2. The van der Waals surface area contributed by atoms with Crippen molar-refractivity contribution in [1.82, 2.24) is 15.0 Å². The summed E-state index contributed by atoms with van der Waals surface area (Å²) in [6.07, 6.45) is 1.56. The molecule has 0 saturated carbocycles. The summed E-state index contributed by atoms with van der Waals surface area (Å²) in [5.74, 6) is 0.184. The molecule has 2 aromatic carbocycles. The molecule has 158 valence electrons. The maximum Gasteiger partial charge on any atom is 0.347 e. The van der Waals surface area contributed by atoms with Crippen LogP contribution in [0.2, 0.25) is 10.0 Å². The van der Waals surface area contributed by atoms with Crippen LogP contribution in [0.3, 0.4) is 0 Å². The summed E-state index contributed by atoms with van der Waals surface area (Å²) in [6.45, 7) is 1.48. The highest BCUT2D eigenvalue weighted by Crippen LogP contribution is 2.34. The molecule has 0 aliphatic carbocycles. The number of hydrogen-bond acceptors (Lipinski definition) is 6.